The Morgan fingerprint density at radius 3 is 2.34 bits per heavy atom. The number of aromatic nitrogens is 1. The molecule has 5 nitrogen and oxygen atoms in total. The molecule has 0 aliphatic carbocycles. The zero-order valence-electron chi connectivity index (χ0n) is 17.0. The van der Waals surface area contributed by atoms with Crippen molar-refractivity contribution in [1.29, 1.82) is 0 Å². The topological polar surface area (TPSA) is 64.3 Å². The molecule has 0 spiro atoms. The van der Waals surface area contributed by atoms with Crippen molar-refractivity contribution in [1.82, 2.24) is 0 Å². The molecule has 0 fully saturated rings. The molecular weight excluding hydrogens is 384 g/mol. The second kappa shape index (κ2) is 8.76. The Hall–Kier alpha value is -2.70. The summed E-state index contributed by atoms with van der Waals surface area (Å²) in [5.41, 5.74) is 5.33. The summed E-state index contributed by atoms with van der Waals surface area (Å²) in [6.45, 7) is 2.49. The van der Waals surface area contributed by atoms with Crippen LogP contribution in [0.5, 0.6) is 0 Å². The fourth-order valence-corrected chi connectivity index (χ4v) is 3.77. The van der Waals surface area contributed by atoms with Crippen molar-refractivity contribution in [2.24, 2.45) is 0 Å². The average Bonchev–Trinajstić information content (AvgIpc) is 2.66. The lowest BCUT2D eigenvalue weighted by atomic mass is 10.1. The molecule has 0 aliphatic rings. The highest BCUT2D eigenvalue weighted by atomic mass is 32.2. The number of pyridine rings is 1. The molecular formula is C23H26N2O3S. The quantitative estimate of drug-likeness (QED) is 0.441. The first kappa shape index (κ1) is 21.0. The third kappa shape index (κ3) is 5.65. The van der Waals surface area contributed by atoms with Crippen LogP contribution in [0, 0.1) is 6.92 Å². The van der Waals surface area contributed by atoms with E-state index in [4.69, 9.17) is 0 Å². The summed E-state index contributed by atoms with van der Waals surface area (Å²) in [6, 6.07) is 18.5. The van der Waals surface area contributed by atoms with Gasteiger partial charge in [-0.15, -0.1) is 0 Å². The fraction of sp³-hybridized carbons (Fsp3) is 0.261. The van der Waals surface area contributed by atoms with Gasteiger partial charge in [0.05, 0.1) is 10.1 Å². The predicted octanol–water partition coefficient (Wildman–Crippen LogP) is 3.61. The molecule has 1 aromatic heterocycles. The lowest BCUT2D eigenvalue weighted by Gasteiger charge is -2.11. The highest BCUT2D eigenvalue weighted by Gasteiger charge is 2.14. The summed E-state index contributed by atoms with van der Waals surface area (Å²) >= 11 is 0. The maximum absolute atomic E-state index is 11.0. The third-order valence-electron chi connectivity index (χ3n) is 4.85. The van der Waals surface area contributed by atoms with Gasteiger partial charge in [-0.25, -0.2) is 8.42 Å². The molecule has 3 rings (SSSR count). The first-order chi connectivity index (χ1) is 13.7. The Morgan fingerprint density at radius 2 is 1.69 bits per heavy atom. The summed E-state index contributed by atoms with van der Waals surface area (Å²) in [4.78, 5) is 2.05. The summed E-state index contributed by atoms with van der Waals surface area (Å²) < 4.78 is 35.2. The molecule has 0 bridgehead atoms. The van der Waals surface area contributed by atoms with Gasteiger partial charge in [-0.3, -0.25) is 0 Å². The minimum atomic E-state index is -4.22. The van der Waals surface area contributed by atoms with Gasteiger partial charge in [-0.05, 0) is 48.4 Å². The van der Waals surface area contributed by atoms with Gasteiger partial charge < -0.3 is 9.45 Å². The van der Waals surface area contributed by atoms with E-state index >= 15 is 0 Å². The van der Waals surface area contributed by atoms with Gasteiger partial charge in [0, 0.05) is 55.6 Å². The lowest BCUT2D eigenvalue weighted by molar-refractivity contribution is -0.673. The molecule has 152 valence electrons. The lowest BCUT2D eigenvalue weighted by Crippen LogP contribution is -2.38. The molecule has 1 heterocycles. The van der Waals surface area contributed by atoms with Gasteiger partial charge in [-0.2, -0.15) is 4.57 Å². The zero-order valence-corrected chi connectivity index (χ0v) is 17.8. The number of hydrogen-bond donors (Lipinski definition) is 0. The molecule has 0 saturated heterocycles. The summed E-state index contributed by atoms with van der Waals surface area (Å²) in [5, 5.41) is 1.08. The van der Waals surface area contributed by atoms with Gasteiger partial charge in [0.1, 0.15) is 0 Å². The maximum Gasteiger partial charge on any atom is 0.213 e. The molecule has 6 heteroatoms. The molecule has 29 heavy (non-hydrogen) atoms. The minimum absolute atomic E-state index is 0.280. The van der Waals surface area contributed by atoms with Gasteiger partial charge in [0.2, 0.25) is 11.2 Å². The summed E-state index contributed by atoms with van der Waals surface area (Å²) in [7, 11) is -0.207. The number of hydrogen-bond acceptors (Lipinski definition) is 4. The van der Waals surface area contributed by atoms with Crippen molar-refractivity contribution >= 4 is 38.9 Å². The van der Waals surface area contributed by atoms with E-state index in [1.165, 1.54) is 0 Å². The highest BCUT2D eigenvalue weighted by Crippen LogP contribution is 2.17. The number of anilines is 1. The van der Waals surface area contributed by atoms with Gasteiger partial charge in [0.15, 0.2) is 6.54 Å². The summed E-state index contributed by atoms with van der Waals surface area (Å²) in [6.07, 6.45) is 4.34. The standard InChI is InChI=1S/C23H26N2O3S/c1-18-5-9-20-10-14-22(13-8-19-6-11-21(12-7-19)24(2)3)25(23(20)17-18)15-4-16-29(26,27)28/h5-14,17H,4,15-16H2,1-3H3. The van der Waals surface area contributed by atoms with Crippen molar-refractivity contribution in [2.45, 2.75) is 19.9 Å². The van der Waals surface area contributed by atoms with Gasteiger partial charge in [-0.1, -0.05) is 18.2 Å². The van der Waals surface area contributed by atoms with Crippen LogP contribution in [0.3, 0.4) is 0 Å². The fourth-order valence-electron chi connectivity index (χ4n) is 3.29. The smallest absolute Gasteiger partial charge is 0.213 e. The molecule has 3 aromatic rings. The Bertz CT molecular complexity index is 1130. The largest absolute Gasteiger partial charge is 0.748 e. The van der Waals surface area contributed by atoms with E-state index in [9.17, 15) is 13.0 Å². The molecule has 0 saturated carbocycles. The molecule has 0 amide bonds. The van der Waals surface area contributed by atoms with Gasteiger partial charge >= 0.3 is 0 Å². The molecule has 0 atom stereocenters. The second-order valence-corrected chi connectivity index (χ2v) is 8.93. The van der Waals surface area contributed by atoms with Crippen molar-refractivity contribution in [3.8, 4) is 0 Å². The molecule has 0 N–H and O–H groups in total. The Morgan fingerprint density at radius 1 is 1.00 bits per heavy atom. The average molecular weight is 411 g/mol. The van der Waals surface area contributed by atoms with E-state index in [0.29, 0.717) is 6.54 Å². The first-order valence-electron chi connectivity index (χ1n) is 9.55. The van der Waals surface area contributed by atoms with E-state index in [0.717, 1.165) is 33.4 Å². The van der Waals surface area contributed by atoms with Crippen LogP contribution in [0.1, 0.15) is 23.2 Å². The van der Waals surface area contributed by atoms with Crippen LogP contribution in [-0.2, 0) is 16.7 Å². The maximum atomic E-state index is 11.0. The normalized spacial score (nSPS) is 12.0. The van der Waals surface area contributed by atoms with Crippen LogP contribution >= 0.6 is 0 Å². The number of nitrogens with zero attached hydrogens (tertiary/aromatic N) is 2. The SMILES string of the molecule is Cc1ccc2ccc(/C=C/c3ccc(N(C)C)cc3)[n+](CCCS(=O)(=O)[O-])c2c1. The number of benzene rings is 2. The second-order valence-electron chi connectivity index (χ2n) is 7.41. The number of aryl methyl sites for hydroxylation is 2. The number of fused-ring (bicyclic) bond motifs is 1. The van der Waals surface area contributed by atoms with Crippen molar-refractivity contribution in [2.75, 3.05) is 24.7 Å². The van der Waals surface area contributed by atoms with Crippen LogP contribution in [0.25, 0.3) is 23.1 Å². The van der Waals surface area contributed by atoms with E-state index in [-0.39, 0.29) is 12.2 Å². The monoisotopic (exact) mass is 410 g/mol. The third-order valence-corrected chi connectivity index (χ3v) is 5.64. The van der Waals surface area contributed by atoms with Crippen molar-refractivity contribution in [3.63, 3.8) is 0 Å². The van der Waals surface area contributed by atoms with Crippen LogP contribution < -0.4 is 9.47 Å². The van der Waals surface area contributed by atoms with E-state index in [2.05, 4.69) is 58.0 Å². The van der Waals surface area contributed by atoms with Crippen LogP contribution in [-0.4, -0.2) is 32.8 Å². The molecule has 0 radical (unpaired) electrons. The van der Waals surface area contributed by atoms with Crippen LogP contribution in [0.15, 0.2) is 54.6 Å². The van der Waals surface area contributed by atoms with Crippen molar-refractivity contribution < 1.29 is 17.5 Å². The van der Waals surface area contributed by atoms with E-state index < -0.39 is 10.1 Å². The van der Waals surface area contributed by atoms with Crippen LogP contribution in [0.4, 0.5) is 5.69 Å². The van der Waals surface area contributed by atoms with Crippen LogP contribution in [0.2, 0.25) is 0 Å². The number of rotatable bonds is 7. The Balaban J connectivity index is 1.95. The molecule has 2 aromatic carbocycles. The molecule has 0 unspecified atom stereocenters. The predicted molar refractivity (Wildman–Crippen MR) is 118 cm³/mol. The van der Waals surface area contributed by atoms with E-state index in [1.807, 2.05) is 39.2 Å². The zero-order chi connectivity index (χ0) is 21.0. The molecule has 0 aliphatic heterocycles. The van der Waals surface area contributed by atoms with Crippen molar-refractivity contribution in [3.05, 3.63) is 71.4 Å². The summed E-state index contributed by atoms with van der Waals surface area (Å²) in [5.74, 6) is -0.364. The van der Waals surface area contributed by atoms with Gasteiger partial charge in [0.25, 0.3) is 0 Å². The first-order valence-corrected chi connectivity index (χ1v) is 11.1. The van der Waals surface area contributed by atoms with E-state index in [1.54, 1.807) is 0 Å². The Labute approximate surface area is 172 Å². The highest BCUT2D eigenvalue weighted by molar-refractivity contribution is 7.85. The minimum Gasteiger partial charge on any atom is -0.748 e. The Kier molecular flexibility index (Phi) is 6.35.